The van der Waals surface area contributed by atoms with Crippen molar-refractivity contribution in [2.75, 3.05) is 5.32 Å². The first-order valence-corrected chi connectivity index (χ1v) is 11.6. The first-order valence-electron chi connectivity index (χ1n) is 11.3. The number of alkyl halides is 3. The average molecular weight is 565 g/mol. The van der Waals surface area contributed by atoms with Crippen LogP contribution in [0.1, 0.15) is 35.6 Å². The van der Waals surface area contributed by atoms with Gasteiger partial charge in [-0.25, -0.2) is 9.59 Å². The molecule has 0 aliphatic heterocycles. The number of anilines is 1. The Balaban J connectivity index is 1.50. The number of nitrogens with one attached hydrogen (secondary N) is 1. The summed E-state index contributed by atoms with van der Waals surface area (Å²) in [6, 6.07) is 13.1. The topological polar surface area (TPSA) is 129 Å². The summed E-state index contributed by atoms with van der Waals surface area (Å²) in [6.07, 6.45) is -7.53. The van der Waals surface area contributed by atoms with Crippen LogP contribution in [0.3, 0.4) is 0 Å². The van der Waals surface area contributed by atoms with Crippen molar-refractivity contribution in [3.8, 4) is 17.0 Å². The van der Waals surface area contributed by atoms with Crippen LogP contribution >= 0.6 is 11.6 Å². The normalized spacial score (nSPS) is 12.2. The molecule has 0 aliphatic carbocycles. The highest BCUT2D eigenvalue weighted by molar-refractivity contribution is 6.31. The second-order valence-corrected chi connectivity index (χ2v) is 8.64. The van der Waals surface area contributed by atoms with E-state index < -0.39 is 36.0 Å². The molecule has 2 N–H and O–H groups in total. The van der Waals surface area contributed by atoms with Gasteiger partial charge in [-0.1, -0.05) is 59.2 Å². The van der Waals surface area contributed by atoms with E-state index in [1.54, 1.807) is 50.2 Å². The highest BCUT2D eigenvalue weighted by Crippen LogP contribution is 2.37. The van der Waals surface area contributed by atoms with E-state index in [1.165, 1.54) is 12.1 Å². The molecule has 0 aliphatic rings. The van der Waals surface area contributed by atoms with Crippen molar-refractivity contribution in [1.29, 1.82) is 0 Å². The number of hydrogen-bond acceptors (Lipinski definition) is 7. The van der Waals surface area contributed by atoms with Crippen LogP contribution in [0.2, 0.25) is 5.02 Å². The van der Waals surface area contributed by atoms with Crippen LogP contribution in [-0.2, 0) is 17.5 Å². The summed E-state index contributed by atoms with van der Waals surface area (Å²) in [7, 11) is 0. The fourth-order valence-corrected chi connectivity index (χ4v) is 4.05. The molecule has 4 rings (SSSR count). The van der Waals surface area contributed by atoms with Crippen LogP contribution in [-0.4, -0.2) is 32.3 Å². The molecular formula is C25H20ClF3N4O6. The van der Waals surface area contributed by atoms with Gasteiger partial charge in [0.25, 0.3) is 0 Å². The number of halogens is 4. The van der Waals surface area contributed by atoms with E-state index in [9.17, 15) is 22.8 Å². The minimum atomic E-state index is -4.90. The first kappa shape index (κ1) is 27.5. The largest absolute Gasteiger partial charge is 0.511 e. The van der Waals surface area contributed by atoms with Gasteiger partial charge < -0.3 is 19.1 Å². The second-order valence-electron chi connectivity index (χ2n) is 8.23. The summed E-state index contributed by atoms with van der Waals surface area (Å²) in [5, 5.41) is 19.4. The fraction of sp³-hybridized carbons (Fsp3) is 0.200. The maximum atomic E-state index is 13.5. The van der Waals surface area contributed by atoms with Gasteiger partial charge in [0.2, 0.25) is 0 Å². The predicted octanol–water partition coefficient (Wildman–Crippen LogP) is 6.93. The van der Waals surface area contributed by atoms with Gasteiger partial charge >= 0.3 is 18.4 Å². The minimum Gasteiger partial charge on any atom is -0.449 e. The Morgan fingerprint density at radius 2 is 1.87 bits per heavy atom. The Kier molecular flexibility index (Phi) is 7.81. The van der Waals surface area contributed by atoms with Gasteiger partial charge in [-0.3, -0.25) is 10.00 Å². The van der Waals surface area contributed by atoms with Gasteiger partial charge in [-0.05, 0) is 25.5 Å². The van der Waals surface area contributed by atoms with E-state index in [-0.39, 0.29) is 17.9 Å². The second kappa shape index (κ2) is 11.1. The predicted molar refractivity (Wildman–Crippen MR) is 132 cm³/mol. The molecule has 204 valence electrons. The number of carbonyl (C=O) groups is 2. The number of carboxylic acid groups (broad SMARTS) is 1. The zero-order chi connectivity index (χ0) is 28.3. The lowest BCUT2D eigenvalue weighted by molar-refractivity contribution is -0.145. The SMILES string of the molecule is Cc1onc(-c2ccc(Cn3ncc(OC(=O)O)c3C(F)(F)F)cc2)c1NC(=O)OC(C)c1ccccc1Cl. The van der Waals surface area contributed by atoms with Gasteiger partial charge in [0.15, 0.2) is 17.2 Å². The highest BCUT2D eigenvalue weighted by atomic mass is 35.5. The van der Waals surface area contributed by atoms with Gasteiger partial charge in [-0.15, -0.1) is 0 Å². The van der Waals surface area contributed by atoms with E-state index in [0.717, 1.165) is 0 Å². The van der Waals surface area contributed by atoms with Crippen molar-refractivity contribution in [3.63, 3.8) is 0 Å². The number of carbonyl (C=O) groups excluding carboxylic acids is 1. The van der Waals surface area contributed by atoms with E-state index in [0.29, 0.717) is 38.4 Å². The minimum absolute atomic E-state index is 0.251. The molecule has 4 aromatic rings. The number of amides is 1. The molecule has 1 amide bonds. The van der Waals surface area contributed by atoms with Crippen molar-refractivity contribution >= 4 is 29.5 Å². The molecule has 0 radical (unpaired) electrons. The van der Waals surface area contributed by atoms with Crippen LogP contribution in [0.15, 0.2) is 59.3 Å². The quantitative estimate of drug-likeness (QED) is 0.231. The lowest BCUT2D eigenvalue weighted by Crippen LogP contribution is -2.17. The number of aromatic nitrogens is 3. The maximum absolute atomic E-state index is 13.5. The lowest BCUT2D eigenvalue weighted by atomic mass is 10.1. The van der Waals surface area contributed by atoms with Crippen LogP contribution < -0.4 is 10.1 Å². The van der Waals surface area contributed by atoms with E-state index in [2.05, 4.69) is 20.3 Å². The third kappa shape index (κ3) is 6.32. The highest BCUT2D eigenvalue weighted by Gasteiger charge is 2.40. The zero-order valence-electron chi connectivity index (χ0n) is 20.3. The third-order valence-corrected chi connectivity index (χ3v) is 5.89. The van der Waals surface area contributed by atoms with E-state index in [4.69, 9.17) is 26.0 Å². The maximum Gasteiger partial charge on any atom is 0.511 e. The Morgan fingerprint density at radius 1 is 1.18 bits per heavy atom. The van der Waals surface area contributed by atoms with Crippen molar-refractivity contribution < 1.29 is 41.9 Å². The molecule has 10 nitrogen and oxygen atoms in total. The summed E-state index contributed by atoms with van der Waals surface area (Å²) < 4.78 is 56.0. The Hall–Kier alpha value is -4.52. The third-order valence-electron chi connectivity index (χ3n) is 5.55. The van der Waals surface area contributed by atoms with Crippen LogP contribution in [0, 0.1) is 6.92 Å². The molecule has 0 fully saturated rings. The molecule has 39 heavy (non-hydrogen) atoms. The van der Waals surface area contributed by atoms with Crippen molar-refractivity contribution in [2.24, 2.45) is 0 Å². The molecule has 14 heteroatoms. The van der Waals surface area contributed by atoms with Gasteiger partial charge in [0, 0.05) is 16.1 Å². The summed E-state index contributed by atoms with van der Waals surface area (Å²) in [4.78, 5) is 23.3. The smallest absolute Gasteiger partial charge is 0.449 e. The molecule has 2 aromatic heterocycles. The monoisotopic (exact) mass is 564 g/mol. The Labute approximate surface area is 223 Å². The average Bonchev–Trinajstić information content (AvgIpc) is 3.42. The summed E-state index contributed by atoms with van der Waals surface area (Å²) >= 11 is 6.16. The number of nitrogens with zero attached hydrogens (tertiary/aromatic N) is 3. The molecular weight excluding hydrogens is 545 g/mol. The molecule has 0 bridgehead atoms. The van der Waals surface area contributed by atoms with Crippen LogP contribution in [0.5, 0.6) is 5.75 Å². The first-order chi connectivity index (χ1) is 18.4. The molecule has 0 spiro atoms. The van der Waals surface area contributed by atoms with Gasteiger partial charge in [0.05, 0.1) is 12.7 Å². The number of aryl methyl sites for hydroxylation is 1. The molecule has 2 heterocycles. The number of ether oxygens (including phenoxy) is 2. The Bertz CT molecular complexity index is 1500. The molecule has 1 unspecified atom stereocenters. The van der Waals surface area contributed by atoms with Crippen molar-refractivity contribution in [2.45, 2.75) is 32.7 Å². The van der Waals surface area contributed by atoms with E-state index >= 15 is 0 Å². The summed E-state index contributed by atoms with van der Waals surface area (Å²) in [5.41, 5.74) is 0.722. The van der Waals surface area contributed by atoms with E-state index in [1.807, 2.05) is 0 Å². The van der Waals surface area contributed by atoms with Crippen molar-refractivity contribution in [3.05, 3.63) is 82.3 Å². The fourth-order valence-electron chi connectivity index (χ4n) is 3.76. The zero-order valence-corrected chi connectivity index (χ0v) is 21.1. The number of benzene rings is 2. The number of rotatable bonds is 7. The molecule has 2 aromatic carbocycles. The van der Waals surface area contributed by atoms with Crippen molar-refractivity contribution in [1.82, 2.24) is 14.9 Å². The lowest BCUT2D eigenvalue weighted by Gasteiger charge is -2.15. The summed E-state index contributed by atoms with van der Waals surface area (Å²) in [6.45, 7) is 2.93. The Morgan fingerprint density at radius 3 is 2.51 bits per heavy atom. The summed E-state index contributed by atoms with van der Waals surface area (Å²) in [5.74, 6) is -0.620. The molecule has 1 atom stereocenters. The standard InChI is InChI=1S/C25H20ClF3N4O6/c1-13(17-5-3-4-6-18(17)26)37-23(34)31-20-14(2)39-32-21(20)16-9-7-15(8-10-16)12-33-22(25(27,28)29)19(11-30-33)38-24(35)36/h3-11,13H,12H2,1-2H3,(H,31,34)(H,35,36). The van der Waals surface area contributed by atoms with Gasteiger partial charge in [0.1, 0.15) is 17.5 Å². The van der Waals surface area contributed by atoms with Crippen LogP contribution in [0.4, 0.5) is 28.4 Å². The van der Waals surface area contributed by atoms with Gasteiger partial charge in [-0.2, -0.15) is 18.3 Å². The number of hydrogen-bond donors (Lipinski definition) is 2. The van der Waals surface area contributed by atoms with Crippen LogP contribution in [0.25, 0.3) is 11.3 Å². The molecule has 0 saturated carbocycles. The molecule has 0 saturated heterocycles.